The van der Waals surface area contributed by atoms with E-state index in [0.717, 1.165) is 62.7 Å². The van der Waals surface area contributed by atoms with Crippen molar-refractivity contribution >= 4 is 35.6 Å². The Morgan fingerprint density at radius 3 is 2.55 bits per heavy atom. The summed E-state index contributed by atoms with van der Waals surface area (Å²) in [5, 5.41) is 0. The van der Waals surface area contributed by atoms with Gasteiger partial charge in [0.05, 0.1) is 5.56 Å². The number of carbonyl (C=O) groups excluding carboxylic acids is 1. The number of carbonyl (C=O) groups is 1. The lowest BCUT2D eigenvalue weighted by atomic mass is 9.98. The van der Waals surface area contributed by atoms with Crippen LogP contribution < -0.4 is 5.73 Å². The van der Waals surface area contributed by atoms with Crippen LogP contribution in [0.5, 0.6) is 0 Å². The average molecular weight is 578 g/mol. The minimum absolute atomic E-state index is 0. The fourth-order valence-electron chi connectivity index (χ4n) is 4.25. The molecular formula is C24H34F3IN4O. The molecule has 0 aromatic heterocycles. The second-order valence-electron chi connectivity index (χ2n) is 8.55. The molecule has 0 bridgehead atoms. The summed E-state index contributed by atoms with van der Waals surface area (Å²) in [7, 11) is 0. The Morgan fingerprint density at radius 1 is 1.15 bits per heavy atom. The zero-order valence-corrected chi connectivity index (χ0v) is 21.5. The third kappa shape index (κ3) is 7.70. The van der Waals surface area contributed by atoms with Crippen LogP contribution in [0.2, 0.25) is 0 Å². The molecule has 0 radical (unpaired) electrons. The van der Waals surface area contributed by atoms with Crippen LogP contribution in [0.3, 0.4) is 0 Å². The molecule has 2 fully saturated rings. The number of aliphatic imine (C=N–C) groups is 1. The van der Waals surface area contributed by atoms with Gasteiger partial charge in [-0.25, -0.2) is 0 Å². The zero-order chi connectivity index (χ0) is 23.1. The largest absolute Gasteiger partial charge is 0.416 e. The van der Waals surface area contributed by atoms with Crippen LogP contribution in [0.15, 0.2) is 40.5 Å². The van der Waals surface area contributed by atoms with E-state index in [0.29, 0.717) is 38.0 Å². The van der Waals surface area contributed by atoms with Crippen molar-refractivity contribution in [2.75, 3.05) is 39.3 Å². The second kappa shape index (κ2) is 12.7. The van der Waals surface area contributed by atoms with Crippen LogP contribution in [-0.2, 0) is 17.4 Å². The second-order valence-corrected chi connectivity index (χ2v) is 8.55. The lowest BCUT2D eigenvalue weighted by molar-refractivity contribution is -0.137. The van der Waals surface area contributed by atoms with E-state index in [-0.39, 0.29) is 35.6 Å². The first-order valence-corrected chi connectivity index (χ1v) is 11.5. The van der Waals surface area contributed by atoms with Gasteiger partial charge < -0.3 is 10.6 Å². The molecule has 184 valence electrons. The number of amides is 1. The van der Waals surface area contributed by atoms with E-state index in [1.807, 2.05) is 4.90 Å². The van der Waals surface area contributed by atoms with E-state index >= 15 is 0 Å². The van der Waals surface area contributed by atoms with Crippen LogP contribution >= 0.6 is 24.0 Å². The first-order chi connectivity index (χ1) is 15.3. The van der Waals surface area contributed by atoms with Gasteiger partial charge in [0.1, 0.15) is 5.70 Å². The molecule has 5 nitrogen and oxygen atoms in total. The molecule has 0 atom stereocenters. The quantitative estimate of drug-likeness (QED) is 0.395. The minimum atomic E-state index is -4.34. The van der Waals surface area contributed by atoms with Crippen molar-refractivity contribution in [3.63, 3.8) is 0 Å². The molecule has 2 aliphatic rings. The molecule has 0 unspecified atom stereocenters. The normalized spacial score (nSPS) is 20.5. The SMILES string of the molecule is CCCN=C1CCN(CCc2cccc(C(F)(F)F)c2)C/C1=C(/N)C(=O)N1CCCCC1.I. The molecule has 0 saturated carbocycles. The first-order valence-electron chi connectivity index (χ1n) is 11.5. The molecule has 3 rings (SSSR count). The Balaban J connectivity index is 0.00000385. The minimum Gasteiger partial charge on any atom is -0.394 e. The van der Waals surface area contributed by atoms with Gasteiger partial charge in [-0.3, -0.25) is 14.7 Å². The molecule has 2 saturated heterocycles. The van der Waals surface area contributed by atoms with Crippen molar-refractivity contribution in [1.29, 1.82) is 0 Å². The maximum Gasteiger partial charge on any atom is 0.416 e. The fourth-order valence-corrected chi connectivity index (χ4v) is 4.25. The monoisotopic (exact) mass is 578 g/mol. The molecular weight excluding hydrogens is 544 g/mol. The number of likely N-dealkylation sites (tertiary alicyclic amines) is 2. The molecule has 33 heavy (non-hydrogen) atoms. The summed E-state index contributed by atoms with van der Waals surface area (Å²) in [5.41, 5.74) is 8.34. The molecule has 1 amide bonds. The van der Waals surface area contributed by atoms with E-state index in [2.05, 4.69) is 16.8 Å². The molecule has 1 aromatic rings. The van der Waals surface area contributed by atoms with Gasteiger partial charge in [0.25, 0.3) is 5.91 Å². The Hall–Kier alpha value is -1.62. The smallest absolute Gasteiger partial charge is 0.394 e. The van der Waals surface area contributed by atoms with E-state index in [1.54, 1.807) is 6.07 Å². The first kappa shape index (κ1) is 27.6. The average Bonchev–Trinajstić information content (AvgIpc) is 2.81. The maximum atomic E-state index is 13.0. The zero-order valence-electron chi connectivity index (χ0n) is 19.2. The number of alkyl halides is 3. The van der Waals surface area contributed by atoms with Gasteiger partial charge in [0, 0.05) is 57.0 Å². The number of rotatable bonds is 6. The summed E-state index contributed by atoms with van der Waals surface area (Å²) in [6, 6.07) is 5.47. The van der Waals surface area contributed by atoms with Gasteiger partial charge in [0.2, 0.25) is 0 Å². The summed E-state index contributed by atoms with van der Waals surface area (Å²) in [4.78, 5) is 21.7. The third-order valence-electron chi connectivity index (χ3n) is 6.09. The predicted octanol–water partition coefficient (Wildman–Crippen LogP) is 4.65. The van der Waals surface area contributed by atoms with E-state index in [4.69, 9.17) is 5.73 Å². The Morgan fingerprint density at radius 2 is 1.88 bits per heavy atom. The highest BCUT2D eigenvalue weighted by Gasteiger charge is 2.31. The fraction of sp³-hybridized carbons (Fsp3) is 0.583. The molecule has 0 spiro atoms. The molecule has 2 N–H and O–H groups in total. The number of hydrogen-bond acceptors (Lipinski definition) is 4. The van der Waals surface area contributed by atoms with Crippen molar-refractivity contribution in [3.8, 4) is 0 Å². The van der Waals surface area contributed by atoms with Crippen molar-refractivity contribution in [2.24, 2.45) is 10.7 Å². The Kier molecular flexibility index (Phi) is 10.7. The number of nitrogens with zero attached hydrogens (tertiary/aromatic N) is 3. The van der Waals surface area contributed by atoms with Crippen molar-refractivity contribution in [3.05, 3.63) is 46.7 Å². The maximum absolute atomic E-state index is 13.0. The van der Waals surface area contributed by atoms with Crippen molar-refractivity contribution in [1.82, 2.24) is 9.80 Å². The molecule has 0 aliphatic carbocycles. The lowest BCUT2D eigenvalue weighted by Crippen LogP contribution is -2.43. The Labute approximate surface area is 211 Å². The molecule has 2 aliphatic heterocycles. The number of halogens is 4. The van der Waals surface area contributed by atoms with Crippen LogP contribution in [0, 0.1) is 0 Å². The van der Waals surface area contributed by atoms with Gasteiger partial charge in [-0.05, 0) is 43.7 Å². The molecule has 9 heteroatoms. The summed E-state index contributed by atoms with van der Waals surface area (Å²) in [6.07, 6.45) is 0.876. The summed E-state index contributed by atoms with van der Waals surface area (Å²) in [6.45, 7) is 6.04. The summed E-state index contributed by atoms with van der Waals surface area (Å²) in [5.74, 6) is -0.122. The van der Waals surface area contributed by atoms with Crippen molar-refractivity contribution < 1.29 is 18.0 Å². The van der Waals surface area contributed by atoms with E-state index in [9.17, 15) is 18.0 Å². The van der Waals surface area contributed by atoms with Crippen LogP contribution in [0.25, 0.3) is 0 Å². The van der Waals surface area contributed by atoms with Gasteiger partial charge >= 0.3 is 6.18 Å². The number of nitrogens with two attached hydrogens (primary N) is 1. The predicted molar refractivity (Wildman–Crippen MR) is 136 cm³/mol. The van der Waals surface area contributed by atoms with Crippen LogP contribution in [0.4, 0.5) is 13.2 Å². The summed E-state index contributed by atoms with van der Waals surface area (Å²) < 4.78 is 39.0. The number of piperidine rings is 2. The Bertz CT molecular complexity index is 864. The van der Waals surface area contributed by atoms with Gasteiger partial charge in [0.15, 0.2) is 0 Å². The number of hydrogen-bond donors (Lipinski definition) is 1. The molecule has 1 aromatic carbocycles. The highest BCUT2D eigenvalue weighted by molar-refractivity contribution is 14.0. The van der Waals surface area contributed by atoms with Crippen LogP contribution in [0.1, 0.15) is 50.2 Å². The molecule has 2 heterocycles. The topological polar surface area (TPSA) is 61.9 Å². The van der Waals surface area contributed by atoms with Gasteiger partial charge in [-0.15, -0.1) is 24.0 Å². The van der Waals surface area contributed by atoms with Crippen LogP contribution in [-0.4, -0.2) is 60.7 Å². The van der Waals surface area contributed by atoms with E-state index < -0.39 is 11.7 Å². The third-order valence-corrected chi connectivity index (χ3v) is 6.09. The number of benzene rings is 1. The standard InChI is InChI=1S/C24H33F3N4O.HI/c1-2-11-29-21-10-15-30(14-9-18-7-6-8-19(16-18)24(25,26)27)17-20(21)22(28)23(32)31-12-4-3-5-13-31;/h6-8,16H,2-5,9-15,17,28H2,1H3;1H/b22-20-,29-21?;. The van der Waals surface area contributed by atoms with Gasteiger partial charge in [-0.1, -0.05) is 25.1 Å². The van der Waals surface area contributed by atoms with Gasteiger partial charge in [-0.2, -0.15) is 13.2 Å². The summed E-state index contributed by atoms with van der Waals surface area (Å²) >= 11 is 0. The highest BCUT2D eigenvalue weighted by Crippen LogP contribution is 2.29. The van der Waals surface area contributed by atoms with E-state index in [1.165, 1.54) is 12.1 Å². The highest BCUT2D eigenvalue weighted by atomic mass is 127. The lowest BCUT2D eigenvalue weighted by Gasteiger charge is -2.32. The van der Waals surface area contributed by atoms with Crippen molar-refractivity contribution in [2.45, 2.75) is 51.6 Å².